The molecule has 0 fully saturated rings. The topological polar surface area (TPSA) is 96.2 Å². The minimum atomic E-state index is -4.43. The standard InChI is InChI=1S/C29H34N2O6S/c1-6-30(4)20-11-13-22-25(17-20)37-26-18-21(31(5)15-16-36-29(32)19(2)3)12-14-23(26)28(22)24-9-7-8-10-27(24)38(33,34)35/h7-14,17,23,26,28H,2,6,15-16,18H2,1,3-5H3/p+1. The second-order valence-electron chi connectivity index (χ2n) is 9.85. The molecule has 1 N–H and O–H groups in total. The van der Waals surface area contributed by atoms with E-state index in [-0.39, 0.29) is 29.4 Å². The van der Waals surface area contributed by atoms with Crippen LogP contribution < -0.4 is 9.64 Å². The lowest BCUT2D eigenvalue weighted by atomic mass is 9.72. The molecule has 9 heteroatoms. The summed E-state index contributed by atoms with van der Waals surface area (Å²) in [6.45, 7) is 8.84. The Morgan fingerprint density at radius 3 is 2.66 bits per heavy atom. The van der Waals surface area contributed by atoms with Gasteiger partial charge < -0.3 is 14.4 Å². The maximum absolute atomic E-state index is 12.3. The summed E-state index contributed by atoms with van der Waals surface area (Å²) in [4.78, 5) is 13.7. The molecule has 1 heterocycles. The van der Waals surface area contributed by atoms with Crippen molar-refractivity contribution in [2.45, 2.75) is 37.2 Å². The van der Waals surface area contributed by atoms with Crippen LogP contribution in [-0.2, 0) is 19.6 Å². The summed E-state index contributed by atoms with van der Waals surface area (Å²) in [6, 6.07) is 12.6. The first-order valence-corrected chi connectivity index (χ1v) is 14.1. The molecule has 8 nitrogen and oxygen atoms in total. The predicted octanol–water partition coefficient (Wildman–Crippen LogP) is 4.06. The van der Waals surface area contributed by atoms with E-state index in [1.807, 2.05) is 42.9 Å². The number of rotatable bonds is 8. The Morgan fingerprint density at radius 1 is 1.24 bits per heavy atom. The first-order valence-electron chi connectivity index (χ1n) is 12.7. The van der Waals surface area contributed by atoms with E-state index in [2.05, 4.69) is 24.5 Å². The Kier molecular flexibility index (Phi) is 8.08. The maximum atomic E-state index is 12.3. The van der Waals surface area contributed by atoms with Crippen molar-refractivity contribution in [3.05, 3.63) is 77.9 Å². The summed E-state index contributed by atoms with van der Waals surface area (Å²) in [5, 5.41) is 0. The van der Waals surface area contributed by atoms with Crippen LogP contribution in [-0.4, -0.2) is 69.1 Å². The molecule has 202 valence electrons. The first kappa shape index (κ1) is 27.6. The van der Waals surface area contributed by atoms with Gasteiger partial charge in [-0.3, -0.25) is 4.55 Å². The van der Waals surface area contributed by atoms with Crippen LogP contribution in [0.3, 0.4) is 0 Å². The number of anilines is 1. The highest BCUT2D eigenvalue weighted by molar-refractivity contribution is 7.85. The lowest BCUT2D eigenvalue weighted by Crippen LogP contribution is -2.41. The molecule has 38 heavy (non-hydrogen) atoms. The quantitative estimate of drug-likeness (QED) is 0.234. The molecule has 2 aromatic rings. The Labute approximate surface area is 224 Å². The molecule has 2 aliphatic rings. The molecule has 4 rings (SSSR count). The lowest BCUT2D eigenvalue weighted by molar-refractivity contribution is -0.500. The molecule has 0 saturated heterocycles. The van der Waals surface area contributed by atoms with Crippen molar-refractivity contribution in [1.29, 1.82) is 0 Å². The number of carbonyl (C=O) groups is 1. The molecule has 3 unspecified atom stereocenters. The first-order chi connectivity index (χ1) is 18.0. The number of allylic oxidation sites excluding steroid dienone is 1. The Bertz CT molecular complexity index is 1410. The van der Waals surface area contributed by atoms with Crippen LogP contribution in [0.1, 0.15) is 37.3 Å². The van der Waals surface area contributed by atoms with Crippen molar-refractivity contribution in [2.24, 2.45) is 5.92 Å². The fraction of sp³-hybridized carbons (Fsp3) is 0.379. The molecule has 1 aliphatic carbocycles. The van der Waals surface area contributed by atoms with Gasteiger partial charge in [-0.15, -0.1) is 0 Å². The summed E-state index contributed by atoms with van der Waals surface area (Å²) in [5.74, 6) is -0.198. The van der Waals surface area contributed by atoms with Gasteiger partial charge in [0.25, 0.3) is 10.1 Å². The summed E-state index contributed by atoms with van der Waals surface area (Å²) in [5.41, 5.74) is 3.80. The Morgan fingerprint density at radius 2 is 1.97 bits per heavy atom. The highest BCUT2D eigenvalue weighted by atomic mass is 32.2. The molecule has 0 amide bonds. The zero-order valence-electron chi connectivity index (χ0n) is 22.3. The number of carbonyl (C=O) groups excluding carboxylic acids is 1. The number of esters is 1. The SMILES string of the molecule is C=C(C)C(=O)OCC[N+](C)=C1C=CC2C(C1)Oc1cc(N(C)CC)ccc1C2c1ccccc1S(=O)(=O)O. The van der Waals surface area contributed by atoms with Crippen LogP contribution in [0.4, 0.5) is 5.69 Å². The minimum absolute atomic E-state index is 0.0917. The van der Waals surface area contributed by atoms with E-state index in [0.29, 0.717) is 29.9 Å². The van der Waals surface area contributed by atoms with Crippen LogP contribution in [0.15, 0.2) is 71.7 Å². The van der Waals surface area contributed by atoms with Crippen molar-refractivity contribution in [3.63, 3.8) is 0 Å². The summed E-state index contributed by atoms with van der Waals surface area (Å²) in [6.07, 6.45) is 4.41. The van der Waals surface area contributed by atoms with Gasteiger partial charge in [0.05, 0.1) is 11.3 Å². The van der Waals surface area contributed by atoms with Crippen molar-refractivity contribution >= 4 is 27.5 Å². The van der Waals surface area contributed by atoms with E-state index in [9.17, 15) is 17.8 Å². The third-order valence-electron chi connectivity index (χ3n) is 7.29. The Hall–Kier alpha value is -3.43. The predicted molar refractivity (Wildman–Crippen MR) is 147 cm³/mol. The van der Waals surface area contributed by atoms with E-state index >= 15 is 0 Å². The van der Waals surface area contributed by atoms with Crippen molar-refractivity contribution in [3.8, 4) is 5.75 Å². The average molecular weight is 540 g/mol. The number of ether oxygens (including phenoxy) is 2. The number of hydrogen-bond donors (Lipinski definition) is 1. The summed E-state index contributed by atoms with van der Waals surface area (Å²) in [7, 11) is -0.492. The molecule has 0 radical (unpaired) electrons. The highest BCUT2D eigenvalue weighted by Gasteiger charge is 2.43. The number of hydrogen-bond acceptors (Lipinski definition) is 6. The smallest absolute Gasteiger partial charge is 0.333 e. The molecule has 0 bridgehead atoms. The van der Waals surface area contributed by atoms with Gasteiger partial charge in [0.2, 0.25) is 0 Å². The van der Waals surface area contributed by atoms with E-state index < -0.39 is 16.1 Å². The van der Waals surface area contributed by atoms with Gasteiger partial charge in [0.15, 0.2) is 12.3 Å². The molecule has 0 aromatic heterocycles. The van der Waals surface area contributed by atoms with Gasteiger partial charge >= 0.3 is 5.97 Å². The molecule has 3 atom stereocenters. The zero-order chi connectivity index (χ0) is 27.6. The van der Waals surface area contributed by atoms with E-state index in [1.165, 1.54) is 6.07 Å². The third kappa shape index (κ3) is 5.68. The number of fused-ring (bicyclic) bond motifs is 2. The molecular formula is C29H35N2O6S+. The van der Waals surface area contributed by atoms with Crippen LogP contribution >= 0.6 is 0 Å². The fourth-order valence-electron chi connectivity index (χ4n) is 5.05. The molecular weight excluding hydrogens is 504 g/mol. The number of nitrogens with zero attached hydrogens (tertiary/aromatic N) is 2. The summed E-state index contributed by atoms with van der Waals surface area (Å²) >= 11 is 0. The second-order valence-corrected chi connectivity index (χ2v) is 11.2. The summed E-state index contributed by atoms with van der Waals surface area (Å²) < 4.78 is 48.5. The fourth-order valence-corrected chi connectivity index (χ4v) is 5.79. The molecule has 0 spiro atoms. The van der Waals surface area contributed by atoms with Crippen LogP contribution in [0, 0.1) is 5.92 Å². The molecule has 2 aromatic carbocycles. The van der Waals surface area contributed by atoms with Gasteiger partial charge in [-0.25, -0.2) is 9.37 Å². The van der Waals surface area contributed by atoms with E-state index in [4.69, 9.17) is 9.47 Å². The van der Waals surface area contributed by atoms with E-state index in [0.717, 1.165) is 23.5 Å². The zero-order valence-corrected chi connectivity index (χ0v) is 23.1. The van der Waals surface area contributed by atoms with E-state index in [1.54, 1.807) is 25.1 Å². The van der Waals surface area contributed by atoms with Crippen molar-refractivity contribution in [2.75, 3.05) is 38.7 Å². The minimum Gasteiger partial charge on any atom is -0.489 e. The van der Waals surface area contributed by atoms with Gasteiger partial charge in [0, 0.05) is 54.4 Å². The average Bonchev–Trinajstić information content (AvgIpc) is 2.89. The van der Waals surface area contributed by atoms with Crippen molar-refractivity contribution in [1.82, 2.24) is 0 Å². The van der Waals surface area contributed by atoms with Crippen LogP contribution in [0.2, 0.25) is 0 Å². The second kappa shape index (κ2) is 11.1. The monoisotopic (exact) mass is 539 g/mol. The molecule has 0 saturated carbocycles. The van der Waals surface area contributed by atoms with Gasteiger partial charge in [-0.2, -0.15) is 8.42 Å². The molecule has 1 aliphatic heterocycles. The third-order valence-corrected chi connectivity index (χ3v) is 8.22. The highest BCUT2D eigenvalue weighted by Crippen LogP contribution is 2.49. The Balaban J connectivity index is 1.74. The number of likely N-dealkylation sites (N-methyl/N-ethyl adjacent to an activating group) is 1. The van der Waals surface area contributed by atoms with Crippen LogP contribution in [0.25, 0.3) is 0 Å². The van der Waals surface area contributed by atoms with Crippen molar-refractivity contribution < 1.29 is 31.8 Å². The van der Waals surface area contributed by atoms with Gasteiger partial charge in [-0.1, -0.05) is 36.9 Å². The normalized spacial score (nSPS) is 21.6. The van der Waals surface area contributed by atoms with Gasteiger partial charge in [0.1, 0.15) is 25.5 Å². The van der Waals surface area contributed by atoms with Crippen LogP contribution in [0.5, 0.6) is 5.75 Å². The number of benzene rings is 2. The van der Waals surface area contributed by atoms with Gasteiger partial charge in [-0.05, 0) is 31.5 Å². The lowest BCUT2D eigenvalue weighted by Gasteiger charge is -2.40. The largest absolute Gasteiger partial charge is 0.489 e. The maximum Gasteiger partial charge on any atom is 0.333 e.